The maximum atomic E-state index is 10.3. The van der Waals surface area contributed by atoms with Gasteiger partial charge < -0.3 is 0 Å². The van der Waals surface area contributed by atoms with Gasteiger partial charge in [-0.1, -0.05) is 32.1 Å². The summed E-state index contributed by atoms with van der Waals surface area (Å²) in [5, 5.41) is 7.82. The summed E-state index contributed by atoms with van der Waals surface area (Å²) in [6.45, 7) is 2.13. The van der Waals surface area contributed by atoms with E-state index in [1.165, 1.54) is 12.8 Å². The predicted octanol–water partition coefficient (Wildman–Crippen LogP) is 1.98. The molecular weight excluding hydrogens is 156 g/mol. The quantitative estimate of drug-likeness (QED) is 0.303. The third-order valence-electron chi connectivity index (χ3n) is 1.43. The summed E-state index contributed by atoms with van der Waals surface area (Å²) in [5.41, 5.74) is 0. The van der Waals surface area contributed by atoms with Gasteiger partial charge in [0.2, 0.25) is 0 Å². The molecular formula is C9H14O3. The molecule has 0 rings (SSSR count). The largest absolute Gasteiger partial charge is 0.416 e. The Kier molecular flexibility index (Phi) is 7.41. The van der Waals surface area contributed by atoms with Crippen LogP contribution in [0.25, 0.3) is 0 Å². The molecule has 0 bridgehead atoms. The Bertz CT molecular complexity index is 176. The summed E-state index contributed by atoms with van der Waals surface area (Å²) in [5.74, 6) is 3.87. The third-order valence-corrected chi connectivity index (χ3v) is 1.43. The van der Waals surface area contributed by atoms with E-state index in [1.54, 1.807) is 0 Å². The second-order valence-electron chi connectivity index (χ2n) is 2.49. The molecule has 1 N–H and O–H groups in total. The van der Waals surface area contributed by atoms with Crippen molar-refractivity contribution < 1.29 is 14.9 Å². The van der Waals surface area contributed by atoms with Crippen molar-refractivity contribution in [2.45, 2.75) is 39.0 Å². The Morgan fingerprint density at radius 3 is 2.75 bits per heavy atom. The van der Waals surface area contributed by atoms with Gasteiger partial charge in [0.05, 0.1) is 0 Å². The van der Waals surface area contributed by atoms with E-state index < -0.39 is 5.97 Å². The van der Waals surface area contributed by atoms with E-state index in [0.717, 1.165) is 12.8 Å². The number of carbonyl (C=O) groups is 1. The number of unbranched alkanes of at least 4 members (excludes halogenated alkanes) is 4. The van der Waals surface area contributed by atoms with E-state index in [1.807, 2.05) is 0 Å². The van der Waals surface area contributed by atoms with E-state index >= 15 is 0 Å². The molecule has 0 saturated heterocycles. The van der Waals surface area contributed by atoms with Gasteiger partial charge in [0.25, 0.3) is 0 Å². The highest BCUT2D eigenvalue weighted by molar-refractivity contribution is 5.87. The number of carbonyl (C=O) groups excluding carboxylic acids is 1. The second kappa shape index (κ2) is 8.09. The summed E-state index contributed by atoms with van der Waals surface area (Å²) >= 11 is 0. The molecule has 68 valence electrons. The molecule has 0 unspecified atom stereocenters. The van der Waals surface area contributed by atoms with Crippen LogP contribution in [0.5, 0.6) is 0 Å². The van der Waals surface area contributed by atoms with Gasteiger partial charge in [-0.15, -0.1) is 0 Å². The van der Waals surface area contributed by atoms with Crippen LogP contribution in [0.1, 0.15) is 39.0 Å². The van der Waals surface area contributed by atoms with E-state index in [9.17, 15) is 4.79 Å². The molecule has 0 aliphatic heterocycles. The maximum absolute atomic E-state index is 10.3. The fourth-order valence-electron chi connectivity index (χ4n) is 0.798. The van der Waals surface area contributed by atoms with Crippen LogP contribution in [0.4, 0.5) is 0 Å². The molecule has 0 atom stereocenters. The molecule has 3 nitrogen and oxygen atoms in total. The molecule has 0 aromatic heterocycles. The Balaban J connectivity index is 3.27. The van der Waals surface area contributed by atoms with Gasteiger partial charge in [-0.05, 0) is 6.42 Å². The molecule has 0 aliphatic carbocycles. The van der Waals surface area contributed by atoms with Gasteiger partial charge in [0, 0.05) is 12.3 Å². The topological polar surface area (TPSA) is 46.5 Å². The van der Waals surface area contributed by atoms with Crippen molar-refractivity contribution in [1.82, 2.24) is 0 Å². The number of rotatable bonds is 4. The van der Waals surface area contributed by atoms with Crippen molar-refractivity contribution in [1.29, 1.82) is 0 Å². The van der Waals surface area contributed by atoms with Crippen LogP contribution in [0.2, 0.25) is 0 Å². The molecule has 0 spiro atoms. The smallest absolute Gasteiger partial charge is 0.286 e. The fraction of sp³-hybridized carbons (Fsp3) is 0.667. The first-order valence-electron chi connectivity index (χ1n) is 4.15. The lowest BCUT2D eigenvalue weighted by molar-refractivity contribution is -0.226. The van der Waals surface area contributed by atoms with Crippen LogP contribution in [0.3, 0.4) is 0 Å². The zero-order chi connectivity index (χ0) is 9.23. The highest BCUT2D eigenvalue weighted by Gasteiger charge is 1.90. The van der Waals surface area contributed by atoms with Crippen LogP contribution in [0, 0.1) is 11.8 Å². The Morgan fingerprint density at radius 1 is 1.42 bits per heavy atom. The van der Waals surface area contributed by atoms with Crippen molar-refractivity contribution in [3.05, 3.63) is 0 Å². The van der Waals surface area contributed by atoms with Crippen LogP contribution >= 0.6 is 0 Å². The lowest BCUT2D eigenvalue weighted by atomic mass is 10.2. The molecule has 0 aromatic carbocycles. The highest BCUT2D eigenvalue weighted by Crippen LogP contribution is 2.00. The normalized spacial score (nSPS) is 8.50. The standard InChI is InChI=1S/C9H14O3/c1-2-3-4-5-6-7-8-9(10)12-11/h11H,2-6H2,1H3. The van der Waals surface area contributed by atoms with Crippen LogP contribution < -0.4 is 0 Å². The van der Waals surface area contributed by atoms with Gasteiger partial charge in [-0.2, -0.15) is 5.26 Å². The first-order chi connectivity index (χ1) is 5.81. The minimum absolute atomic E-state index is 0.690. The highest BCUT2D eigenvalue weighted by atomic mass is 17.1. The molecule has 0 fully saturated rings. The Morgan fingerprint density at radius 2 is 2.17 bits per heavy atom. The fourth-order valence-corrected chi connectivity index (χ4v) is 0.798. The molecule has 0 heterocycles. The third kappa shape index (κ3) is 7.10. The average molecular weight is 170 g/mol. The lowest BCUT2D eigenvalue weighted by Gasteiger charge is -1.91. The van der Waals surface area contributed by atoms with Crippen LogP contribution in [-0.4, -0.2) is 11.2 Å². The number of hydrogen-bond acceptors (Lipinski definition) is 3. The summed E-state index contributed by atoms with van der Waals surface area (Å²) in [6.07, 6.45) is 5.21. The maximum Gasteiger partial charge on any atom is 0.416 e. The summed E-state index contributed by atoms with van der Waals surface area (Å²) in [6, 6.07) is 0. The van der Waals surface area contributed by atoms with E-state index in [-0.39, 0.29) is 0 Å². The average Bonchev–Trinajstić information content (AvgIpc) is 2.10. The molecule has 0 aliphatic rings. The van der Waals surface area contributed by atoms with Crippen LogP contribution in [-0.2, 0) is 9.68 Å². The first kappa shape index (κ1) is 11.0. The van der Waals surface area contributed by atoms with Gasteiger partial charge in [-0.25, -0.2) is 4.79 Å². The predicted molar refractivity (Wildman–Crippen MR) is 45.3 cm³/mol. The molecule has 12 heavy (non-hydrogen) atoms. The number of hydrogen-bond donors (Lipinski definition) is 1. The molecule has 0 aromatic rings. The molecule has 0 saturated carbocycles. The first-order valence-corrected chi connectivity index (χ1v) is 4.15. The molecule has 0 radical (unpaired) electrons. The van der Waals surface area contributed by atoms with Crippen molar-refractivity contribution in [2.75, 3.05) is 0 Å². The minimum atomic E-state index is -0.884. The van der Waals surface area contributed by atoms with Crippen molar-refractivity contribution in [3.8, 4) is 11.8 Å². The van der Waals surface area contributed by atoms with Gasteiger partial charge in [-0.3, -0.25) is 4.89 Å². The van der Waals surface area contributed by atoms with Gasteiger partial charge >= 0.3 is 5.97 Å². The summed E-state index contributed by atoms with van der Waals surface area (Å²) in [4.78, 5) is 13.6. The van der Waals surface area contributed by atoms with E-state index in [4.69, 9.17) is 5.26 Å². The molecule has 3 heteroatoms. The molecule has 0 amide bonds. The minimum Gasteiger partial charge on any atom is -0.286 e. The van der Waals surface area contributed by atoms with Crippen LogP contribution in [0.15, 0.2) is 0 Å². The van der Waals surface area contributed by atoms with Crippen molar-refractivity contribution in [2.24, 2.45) is 0 Å². The van der Waals surface area contributed by atoms with E-state index in [2.05, 4.69) is 23.7 Å². The Labute approximate surface area is 72.7 Å². The van der Waals surface area contributed by atoms with Crippen molar-refractivity contribution >= 4 is 5.97 Å². The van der Waals surface area contributed by atoms with Crippen molar-refractivity contribution in [3.63, 3.8) is 0 Å². The van der Waals surface area contributed by atoms with Gasteiger partial charge in [0.1, 0.15) is 0 Å². The van der Waals surface area contributed by atoms with Gasteiger partial charge in [0.15, 0.2) is 0 Å². The SMILES string of the molecule is CCCCCCC#CC(=O)OO. The lowest BCUT2D eigenvalue weighted by Crippen LogP contribution is -1.94. The Hall–Kier alpha value is -1.01. The second-order valence-corrected chi connectivity index (χ2v) is 2.49. The summed E-state index contributed by atoms with van der Waals surface area (Å²) in [7, 11) is 0. The summed E-state index contributed by atoms with van der Waals surface area (Å²) < 4.78 is 0. The zero-order valence-corrected chi connectivity index (χ0v) is 7.30. The zero-order valence-electron chi connectivity index (χ0n) is 7.30. The monoisotopic (exact) mass is 170 g/mol. The van der Waals surface area contributed by atoms with E-state index in [0.29, 0.717) is 6.42 Å².